The van der Waals surface area contributed by atoms with E-state index in [1.165, 1.54) is 0 Å². The minimum absolute atomic E-state index is 0.0612. The molecule has 0 spiro atoms. The molecule has 1 amide bonds. The number of hydrogen-bond donors (Lipinski definition) is 3. The SMILES string of the molecule is COCCNC(=O)C(C)Nc1cc(N)ccc1C. The number of nitrogens with two attached hydrogens (primary N) is 1. The molecular weight excluding hydrogens is 230 g/mol. The Balaban J connectivity index is 2.55. The van der Waals surface area contributed by atoms with Crippen LogP contribution >= 0.6 is 0 Å². The molecule has 0 radical (unpaired) electrons. The van der Waals surface area contributed by atoms with Crippen molar-refractivity contribution in [2.24, 2.45) is 0 Å². The minimum Gasteiger partial charge on any atom is -0.399 e. The molecular formula is C13H21N3O2. The molecule has 0 aliphatic rings. The number of ether oxygens (including phenoxy) is 1. The summed E-state index contributed by atoms with van der Waals surface area (Å²) in [6.07, 6.45) is 0. The summed E-state index contributed by atoms with van der Waals surface area (Å²) in [5, 5.41) is 5.92. The van der Waals surface area contributed by atoms with Crippen LogP contribution in [-0.2, 0) is 9.53 Å². The predicted molar refractivity (Wildman–Crippen MR) is 73.6 cm³/mol. The summed E-state index contributed by atoms with van der Waals surface area (Å²) in [6, 6.07) is 5.27. The Labute approximate surface area is 108 Å². The highest BCUT2D eigenvalue weighted by Crippen LogP contribution is 2.18. The monoisotopic (exact) mass is 251 g/mol. The second-order valence-corrected chi connectivity index (χ2v) is 4.22. The molecule has 0 fully saturated rings. The third kappa shape index (κ3) is 4.25. The number of methoxy groups -OCH3 is 1. The lowest BCUT2D eigenvalue weighted by Crippen LogP contribution is -2.39. The highest BCUT2D eigenvalue weighted by Gasteiger charge is 2.12. The van der Waals surface area contributed by atoms with Gasteiger partial charge in [0, 0.05) is 25.0 Å². The maximum atomic E-state index is 11.8. The van der Waals surface area contributed by atoms with Crippen LogP contribution in [-0.4, -0.2) is 32.2 Å². The predicted octanol–water partition coefficient (Wildman–Crippen LogP) is 1.14. The highest BCUT2D eigenvalue weighted by molar-refractivity contribution is 5.84. The topological polar surface area (TPSA) is 76.4 Å². The summed E-state index contributed by atoms with van der Waals surface area (Å²) >= 11 is 0. The van der Waals surface area contributed by atoms with E-state index in [9.17, 15) is 4.79 Å². The smallest absolute Gasteiger partial charge is 0.242 e. The second kappa shape index (κ2) is 6.86. The number of nitrogen functional groups attached to an aromatic ring is 1. The number of anilines is 2. The third-order valence-corrected chi connectivity index (χ3v) is 2.63. The van der Waals surface area contributed by atoms with Gasteiger partial charge in [0.2, 0.25) is 5.91 Å². The molecule has 5 nitrogen and oxygen atoms in total. The standard InChI is InChI=1S/C13H21N3O2/c1-9-4-5-11(14)8-12(9)16-10(2)13(17)15-6-7-18-3/h4-5,8,10,16H,6-7,14H2,1-3H3,(H,15,17). The van der Waals surface area contributed by atoms with Crippen LogP contribution in [0.1, 0.15) is 12.5 Å². The fraction of sp³-hybridized carbons (Fsp3) is 0.462. The maximum Gasteiger partial charge on any atom is 0.242 e. The van der Waals surface area contributed by atoms with Crippen LogP contribution in [0, 0.1) is 6.92 Å². The Morgan fingerprint density at radius 2 is 2.22 bits per heavy atom. The molecule has 1 atom stereocenters. The average Bonchev–Trinajstić information content (AvgIpc) is 2.34. The maximum absolute atomic E-state index is 11.8. The number of benzene rings is 1. The molecule has 1 aromatic rings. The molecule has 1 aromatic carbocycles. The number of hydrogen-bond acceptors (Lipinski definition) is 4. The van der Waals surface area contributed by atoms with Crippen LogP contribution in [0.25, 0.3) is 0 Å². The zero-order valence-electron chi connectivity index (χ0n) is 11.1. The van der Waals surface area contributed by atoms with Crippen molar-refractivity contribution in [2.75, 3.05) is 31.3 Å². The minimum atomic E-state index is -0.317. The summed E-state index contributed by atoms with van der Waals surface area (Å²) in [5.41, 5.74) is 8.33. The van der Waals surface area contributed by atoms with E-state index in [2.05, 4.69) is 10.6 Å². The van der Waals surface area contributed by atoms with Crippen molar-refractivity contribution in [3.63, 3.8) is 0 Å². The Morgan fingerprint density at radius 3 is 2.89 bits per heavy atom. The molecule has 4 N–H and O–H groups in total. The molecule has 100 valence electrons. The Kier molecular flexibility index (Phi) is 5.45. The van der Waals surface area contributed by atoms with E-state index in [1.807, 2.05) is 32.0 Å². The fourth-order valence-electron chi connectivity index (χ4n) is 1.52. The van der Waals surface area contributed by atoms with Crippen LogP contribution < -0.4 is 16.4 Å². The summed E-state index contributed by atoms with van der Waals surface area (Å²) in [7, 11) is 1.60. The first-order chi connectivity index (χ1) is 8.54. The van der Waals surface area contributed by atoms with Crippen LogP contribution in [0.4, 0.5) is 11.4 Å². The average molecular weight is 251 g/mol. The van der Waals surface area contributed by atoms with E-state index in [4.69, 9.17) is 10.5 Å². The highest BCUT2D eigenvalue weighted by atomic mass is 16.5. The van der Waals surface area contributed by atoms with Crippen molar-refractivity contribution in [1.82, 2.24) is 5.32 Å². The van der Waals surface area contributed by atoms with Crippen molar-refractivity contribution in [2.45, 2.75) is 19.9 Å². The van der Waals surface area contributed by atoms with Gasteiger partial charge in [-0.1, -0.05) is 6.07 Å². The largest absolute Gasteiger partial charge is 0.399 e. The molecule has 0 aliphatic heterocycles. The van der Waals surface area contributed by atoms with E-state index in [1.54, 1.807) is 7.11 Å². The summed E-state index contributed by atoms with van der Waals surface area (Å²) in [5.74, 6) is -0.0612. The molecule has 5 heteroatoms. The van der Waals surface area contributed by atoms with Gasteiger partial charge in [0.25, 0.3) is 0 Å². The van der Waals surface area contributed by atoms with Gasteiger partial charge in [-0.3, -0.25) is 4.79 Å². The lowest BCUT2D eigenvalue weighted by molar-refractivity contribution is -0.121. The molecule has 0 saturated carbocycles. The first-order valence-corrected chi connectivity index (χ1v) is 5.94. The second-order valence-electron chi connectivity index (χ2n) is 4.22. The zero-order valence-corrected chi connectivity index (χ0v) is 11.1. The van der Waals surface area contributed by atoms with Crippen LogP contribution in [0.2, 0.25) is 0 Å². The van der Waals surface area contributed by atoms with Gasteiger partial charge < -0.3 is 21.1 Å². The van der Waals surface area contributed by atoms with Crippen molar-refractivity contribution < 1.29 is 9.53 Å². The molecule has 0 bridgehead atoms. The van der Waals surface area contributed by atoms with Crippen LogP contribution in [0.3, 0.4) is 0 Å². The van der Waals surface area contributed by atoms with Crippen LogP contribution in [0.15, 0.2) is 18.2 Å². The Hall–Kier alpha value is -1.75. The lowest BCUT2D eigenvalue weighted by atomic mass is 10.1. The molecule has 0 aromatic heterocycles. The van der Waals surface area contributed by atoms with Gasteiger partial charge in [-0.25, -0.2) is 0 Å². The van der Waals surface area contributed by atoms with Gasteiger partial charge in [0.05, 0.1) is 6.61 Å². The van der Waals surface area contributed by atoms with Gasteiger partial charge >= 0.3 is 0 Å². The van der Waals surface area contributed by atoms with Crippen molar-refractivity contribution >= 4 is 17.3 Å². The molecule has 1 rings (SSSR count). The number of nitrogens with one attached hydrogen (secondary N) is 2. The quantitative estimate of drug-likeness (QED) is 0.523. The van der Waals surface area contributed by atoms with E-state index < -0.39 is 0 Å². The van der Waals surface area contributed by atoms with Gasteiger partial charge in [-0.15, -0.1) is 0 Å². The number of aryl methyl sites for hydroxylation is 1. The van der Waals surface area contributed by atoms with Crippen LogP contribution in [0.5, 0.6) is 0 Å². The van der Waals surface area contributed by atoms with E-state index in [-0.39, 0.29) is 11.9 Å². The molecule has 1 unspecified atom stereocenters. The number of amides is 1. The normalized spacial score (nSPS) is 11.9. The number of carbonyl (C=O) groups excluding carboxylic acids is 1. The first-order valence-electron chi connectivity index (χ1n) is 5.94. The third-order valence-electron chi connectivity index (χ3n) is 2.63. The summed E-state index contributed by atoms with van der Waals surface area (Å²) < 4.78 is 4.87. The molecule has 18 heavy (non-hydrogen) atoms. The van der Waals surface area contributed by atoms with E-state index in [0.717, 1.165) is 11.3 Å². The van der Waals surface area contributed by atoms with Crippen molar-refractivity contribution in [3.05, 3.63) is 23.8 Å². The zero-order chi connectivity index (χ0) is 13.5. The van der Waals surface area contributed by atoms with E-state index in [0.29, 0.717) is 18.8 Å². The Bertz CT molecular complexity index is 407. The Morgan fingerprint density at radius 1 is 1.50 bits per heavy atom. The summed E-state index contributed by atoms with van der Waals surface area (Å²) in [6.45, 7) is 4.80. The lowest BCUT2D eigenvalue weighted by Gasteiger charge is -2.17. The fourth-order valence-corrected chi connectivity index (χ4v) is 1.52. The van der Waals surface area contributed by atoms with Crippen molar-refractivity contribution in [3.8, 4) is 0 Å². The van der Waals surface area contributed by atoms with Gasteiger partial charge in [0.15, 0.2) is 0 Å². The first kappa shape index (κ1) is 14.3. The van der Waals surface area contributed by atoms with Crippen molar-refractivity contribution in [1.29, 1.82) is 0 Å². The van der Waals surface area contributed by atoms with Gasteiger partial charge in [-0.2, -0.15) is 0 Å². The number of rotatable bonds is 6. The molecule has 0 heterocycles. The van der Waals surface area contributed by atoms with E-state index >= 15 is 0 Å². The molecule has 0 aliphatic carbocycles. The molecule has 0 saturated heterocycles. The number of carbonyl (C=O) groups is 1. The van der Waals surface area contributed by atoms with Gasteiger partial charge in [0.1, 0.15) is 6.04 Å². The van der Waals surface area contributed by atoms with Gasteiger partial charge in [-0.05, 0) is 31.5 Å². The summed E-state index contributed by atoms with van der Waals surface area (Å²) in [4.78, 5) is 11.8.